The summed E-state index contributed by atoms with van der Waals surface area (Å²) in [6, 6.07) is 5.24. The van der Waals surface area contributed by atoms with Gasteiger partial charge in [0, 0.05) is 6.42 Å². The minimum atomic E-state index is -1.61. The van der Waals surface area contributed by atoms with Crippen LogP contribution in [0.1, 0.15) is 22.3 Å². The molecular formula is C14H14O4. The van der Waals surface area contributed by atoms with E-state index in [2.05, 4.69) is 6.58 Å². The summed E-state index contributed by atoms with van der Waals surface area (Å²) in [5.41, 5.74) is -0.372. The van der Waals surface area contributed by atoms with Crippen LogP contribution < -0.4 is 4.74 Å². The van der Waals surface area contributed by atoms with Crippen molar-refractivity contribution in [1.82, 2.24) is 0 Å². The van der Waals surface area contributed by atoms with Gasteiger partial charge in [-0.3, -0.25) is 4.79 Å². The van der Waals surface area contributed by atoms with E-state index < -0.39 is 11.6 Å². The van der Waals surface area contributed by atoms with Crippen molar-refractivity contribution in [3.8, 4) is 5.75 Å². The van der Waals surface area contributed by atoms with Gasteiger partial charge in [-0.25, -0.2) is 4.79 Å². The average Bonchev–Trinajstić information content (AvgIpc) is 2.66. The zero-order chi connectivity index (χ0) is 13.3. The van der Waals surface area contributed by atoms with Gasteiger partial charge in [0.15, 0.2) is 0 Å². The maximum absolute atomic E-state index is 12.4. The Labute approximate surface area is 105 Å². The summed E-state index contributed by atoms with van der Waals surface area (Å²) in [6.45, 7) is 5.39. The second-order valence-corrected chi connectivity index (χ2v) is 4.19. The lowest BCUT2D eigenvalue weighted by Crippen LogP contribution is -2.48. The number of ketones is 1. The average molecular weight is 246 g/mol. The first kappa shape index (κ1) is 12.4. The standard InChI is InChI=1S/C14H14O4/c1-4-8-14(13(16)17-3)12(15)10-7-5-6-9(2)11(10)18-14/h4-7H,1,8H2,2-3H3. The number of methoxy groups -OCH3 is 1. The van der Waals surface area contributed by atoms with Crippen LogP contribution in [-0.4, -0.2) is 24.5 Å². The SMILES string of the molecule is C=CCC1(C(=O)OC)Oc2c(C)cccc2C1=O. The highest BCUT2D eigenvalue weighted by atomic mass is 16.6. The molecule has 0 N–H and O–H groups in total. The van der Waals surface area contributed by atoms with Gasteiger partial charge in [0.25, 0.3) is 5.60 Å². The molecule has 1 unspecified atom stereocenters. The lowest BCUT2D eigenvalue weighted by atomic mass is 9.92. The van der Waals surface area contributed by atoms with Crippen LogP contribution in [0, 0.1) is 6.92 Å². The van der Waals surface area contributed by atoms with E-state index in [0.717, 1.165) is 5.56 Å². The first-order valence-electron chi connectivity index (χ1n) is 5.59. The molecule has 4 nitrogen and oxygen atoms in total. The summed E-state index contributed by atoms with van der Waals surface area (Å²) in [6.07, 6.45) is 1.57. The molecule has 0 radical (unpaired) electrons. The molecule has 0 aromatic heterocycles. The third-order valence-corrected chi connectivity index (χ3v) is 3.05. The van der Waals surface area contributed by atoms with Gasteiger partial charge in [0.1, 0.15) is 5.75 Å². The highest BCUT2D eigenvalue weighted by Gasteiger charge is 2.54. The third-order valence-electron chi connectivity index (χ3n) is 3.05. The molecule has 0 fully saturated rings. The van der Waals surface area contributed by atoms with Gasteiger partial charge in [-0.1, -0.05) is 18.2 Å². The molecule has 1 aliphatic heterocycles. The van der Waals surface area contributed by atoms with Crippen molar-refractivity contribution in [2.75, 3.05) is 7.11 Å². The van der Waals surface area contributed by atoms with Crippen molar-refractivity contribution in [2.24, 2.45) is 0 Å². The Bertz CT molecular complexity index is 533. The van der Waals surface area contributed by atoms with Gasteiger partial charge < -0.3 is 9.47 Å². The molecule has 94 valence electrons. The predicted octanol–water partition coefficient (Wildman–Crippen LogP) is 2.06. The number of rotatable bonds is 3. The Morgan fingerprint density at radius 2 is 2.28 bits per heavy atom. The molecule has 1 aromatic rings. The first-order chi connectivity index (χ1) is 8.56. The summed E-state index contributed by atoms with van der Waals surface area (Å²) < 4.78 is 10.3. The van der Waals surface area contributed by atoms with Crippen LogP contribution in [0.2, 0.25) is 0 Å². The van der Waals surface area contributed by atoms with Gasteiger partial charge in [-0.2, -0.15) is 0 Å². The molecule has 1 aliphatic rings. The van der Waals surface area contributed by atoms with Crippen LogP contribution >= 0.6 is 0 Å². The number of carbonyl (C=O) groups is 2. The second kappa shape index (κ2) is 4.29. The quantitative estimate of drug-likeness (QED) is 0.465. The minimum absolute atomic E-state index is 0.0899. The predicted molar refractivity (Wildman–Crippen MR) is 65.7 cm³/mol. The molecule has 0 bridgehead atoms. The second-order valence-electron chi connectivity index (χ2n) is 4.19. The fraction of sp³-hybridized carbons (Fsp3) is 0.286. The van der Waals surface area contributed by atoms with Crippen molar-refractivity contribution >= 4 is 11.8 Å². The summed E-state index contributed by atoms with van der Waals surface area (Å²) in [5.74, 6) is -0.606. The zero-order valence-corrected chi connectivity index (χ0v) is 10.4. The lowest BCUT2D eigenvalue weighted by molar-refractivity contribution is -0.153. The number of benzene rings is 1. The molecule has 0 saturated heterocycles. The summed E-state index contributed by atoms with van der Waals surface area (Å²) >= 11 is 0. The largest absolute Gasteiger partial charge is 0.466 e. The van der Waals surface area contributed by atoms with Gasteiger partial charge >= 0.3 is 5.97 Å². The monoisotopic (exact) mass is 246 g/mol. The molecule has 2 rings (SSSR count). The number of esters is 1. The van der Waals surface area contributed by atoms with Crippen LogP contribution in [0.25, 0.3) is 0 Å². The number of fused-ring (bicyclic) bond motifs is 1. The highest BCUT2D eigenvalue weighted by Crippen LogP contribution is 2.40. The van der Waals surface area contributed by atoms with E-state index in [1.165, 1.54) is 13.2 Å². The number of hydrogen-bond acceptors (Lipinski definition) is 4. The molecule has 1 aromatic carbocycles. The number of hydrogen-bond donors (Lipinski definition) is 0. The van der Waals surface area contributed by atoms with Crippen molar-refractivity contribution < 1.29 is 19.1 Å². The van der Waals surface area contributed by atoms with Crippen molar-refractivity contribution in [2.45, 2.75) is 18.9 Å². The summed E-state index contributed by atoms with van der Waals surface area (Å²) in [7, 11) is 1.24. The van der Waals surface area contributed by atoms with E-state index in [0.29, 0.717) is 11.3 Å². The Balaban J connectivity index is 2.56. The Morgan fingerprint density at radius 1 is 1.56 bits per heavy atom. The van der Waals surface area contributed by atoms with Gasteiger partial charge in [0.2, 0.25) is 5.78 Å². The van der Waals surface area contributed by atoms with Crippen LogP contribution in [-0.2, 0) is 9.53 Å². The third kappa shape index (κ3) is 1.53. The Hall–Kier alpha value is -2.10. The van der Waals surface area contributed by atoms with Crippen LogP contribution in [0.4, 0.5) is 0 Å². The van der Waals surface area contributed by atoms with E-state index in [-0.39, 0.29) is 12.2 Å². The minimum Gasteiger partial charge on any atom is -0.466 e. The van der Waals surface area contributed by atoms with E-state index in [1.54, 1.807) is 12.1 Å². The smallest absolute Gasteiger partial charge is 0.358 e. The number of Topliss-reactive ketones (excluding diaryl/α,β-unsaturated/α-hetero) is 1. The Kier molecular flexibility index (Phi) is 2.95. The number of aryl methyl sites for hydroxylation is 1. The van der Waals surface area contributed by atoms with Gasteiger partial charge in [-0.05, 0) is 18.6 Å². The van der Waals surface area contributed by atoms with E-state index >= 15 is 0 Å². The van der Waals surface area contributed by atoms with Crippen LogP contribution in [0.3, 0.4) is 0 Å². The topological polar surface area (TPSA) is 52.6 Å². The Morgan fingerprint density at radius 3 is 2.83 bits per heavy atom. The fourth-order valence-corrected chi connectivity index (χ4v) is 2.13. The van der Waals surface area contributed by atoms with E-state index in [1.807, 2.05) is 13.0 Å². The molecule has 18 heavy (non-hydrogen) atoms. The van der Waals surface area contributed by atoms with Crippen LogP contribution in [0.15, 0.2) is 30.9 Å². The van der Waals surface area contributed by atoms with Crippen LogP contribution in [0.5, 0.6) is 5.75 Å². The number of para-hydroxylation sites is 1. The zero-order valence-electron chi connectivity index (χ0n) is 10.4. The molecular weight excluding hydrogens is 232 g/mol. The van der Waals surface area contributed by atoms with Crippen molar-refractivity contribution in [1.29, 1.82) is 0 Å². The van der Waals surface area contributed by atoms with E-state index in [4.69, 9.17) is 9.47 Å². The number of carbonyl (C=O) groups excluding carboxylic acids is 2. The molecule has 0 spiro atoms. The summed E-state index contributed by atoms with van der Waals surface area (Å²) in [5, 5.41) is 0. The van der Waals surface area contributed by atoms with Gasteiger partial charge in [-0.15, -0.1) is 6.58 Å². The first-order valence-corrected chi connectivity index (χ1v) is 5.59. The summed E-state index contributed by atoms with van der Waals surface area (Å²) in [4.78, 5) is 24.3. The lowest BCUT2D eigenvalue weighted by Gasteiger charge is -2.22. The van der Waals surface area contributed by atoms with Crippen molar-refractivity contribution in [3.63, 3.8) is 0 Å². The molecule has 0 aliphatic carbocycles. The number of ether oxygens (including phenoxy) is 2. The van der Waals surface area contributed by atoms with Crippen molar-refractivity contribution in [3.05, 3.63) is 42.0 Å². The van der Waals surface area contributed by atoms with E-state index in [9.17, 15) is 9.59 Å². The highest BCUT2D eigenvalue weighted by molar-refractivity contribution is 6.19. The molecule has 0 amide bonds. The molecule has 1 atom stereocenters. The molecule has 0 saturated carbocycles. The maximum Gasteiger partial charge on any atom is 0.358 e. The normalized spacial score (nSPS) is 21.1. The molecule has 4 heteroatoms. The molecule has 1 heterocycles. The van der Waals surface area contributed by atoms with Gasteiger partial charge in [0.05, 0.1) is 12.7 Å². The maximum atomic E-state index is 12.4. The fourth-order valence-electron chi connectivity index (χ4n) is 2.13.